The molecule has 1 fully saturated rings. The Morgan fingerprint density at radius 2 is 1.33 bits per heavy atom. The number of hydrogen-bond acceptors (Lipinski definition) is 0. The van der Waals surface area contributed by atoms with Gasteiger partial charge in [-0.15, -0.1) is 0 Å². The van der Waals surface area contributed by atoms with Crippen molar-refractivity contribution < 1.29 is 0 Å². The van der Waals surface area contributed by atoms with Crippen LogP contribution < -0.4 is 0 Å². The van der Waals surface area contributed by atoms with Crippen LogP contribution in [0.3, 0.4) is 0 Å². The SMILES string of the molecule is Cc1ccc(C(Br)c2ccc(C3CCCCC3)cc2)cc1. The van der Waals surface area contributed by atoms with Gasteiger partial charge in [0.25, 0.3) is 0 Å². The summed E-state index contributed by atoms with van der Waals surface area (Å²) in [5, 5.41) is 0. The average Bonchev–Trinajstić information content (AvgIpc) is 2.56. The number of alkyl halides is 1. The predicted octanol–water partition coefficient (Wildman–Crippen LogP) is 6.53. The summed E-state index contributed by atoms with van der Waals surface area (Å²) < 4.78 is 0. The molecule has 0 saturated heterocycles. The molecule has 1 aliphatic carbocycles. The molecule has 2 aromatic carbocycles. The third-order valence-electron chi connectivity index (χ3n) is 4.68. The Morgan fingerprint density at radius 3 is 1.90 bits per heavy atom. The lowest BCUT2D eigenvalue weighted by atomic mass is 9.84. The highest BCUT2D eigenvalue weighted by molar-refractivity contribution is 9.09. The van der Waals surface area contributed by atoms with Crippen molar-refractivity contribution in [1.82, 2.24) is 0 Å². The Kier molecular flexibility index (Phi) is 4.80. The number of halogens is 1. The van der Waals surface area contributed by atoms with E-state index in [4.69, 9.17) is 0 Å². The van der Waals surface area contributed by atoms with Gasteiger partial charge in [-0.05, 0) is 42.4 Å². The van der Waals surface area contributed by atoms with Gasteiger partial charge in [-0.1, -0.05) is 89.3 Å². The molecule has 0 nitrogen and oxygen atoms in total. The minimum absolute atomic E-state index is 0.290. The summed E-state index contributed by atoms with van der Waals surface area (Å²) in [5.41, 5.74) is 5.51. The third kappa shape index (κ3) is 3.58. The molecule has 0 bridgehead atoms. The van der Waals surface area contributed by atoms with E-state index in [9.17, 15) is 0 Å². The van der Waals surface area contributed by atoms with Gasteiger partial charge in [0.1, 0.15) is 0 Å². The quantitative estimate of drug-likeness (QED) is 0.556. The van der Waals surface area contributed by atoms with Gasteiger partial charge in [-0.2, -0.15) is 0 Å². The largest absolute Gasteiger partial charge is 0.0786 e. The summed E-state index contributed by atoms with van der Waals surface area (Å²) in [4.78, 5) is 0.290. The summed E-state index contributed by atoms with van der Waals surface area (Å²) in [7, 11) is 0. The molecule has 1 unspecified atom stereocenters. The fraction of sp³-hybridized carbons (Fsp3) is 0.400. The van der Waals surface area contributed by atoms with Crippen LogP contribution in [-0.2, 0) is 0 Å². The lowest BCUT2D eigenvalue weighted by Crippen LogP contribution is -2.04. The van der Waals surface area contributed by atoms with Gasteiger partial charge < -0.3 is 0 Å². The first kappa shape index (κ1) is 14.8. The zero-order chi connectivity index (χ0) is 14.7. The first-order valence-corrected chi connectivity index (χ1v) is 8.96. The van der Waals surface area contributed by atoms with Crippen molar-refractivity contribution in [1.29, 1.82) is 0 Å². The molecule has 0 N–H and O–H groups in total. The molecular weight excluding hydrogens is 320 g/mol. The molecule has 1 saturated carbocycles. The average molecular weight is 343 g/mol. The predicted molar refractivity (Wildman–Crippen MR) is 94.2 cm³/mol. The highest BCUT2D eigenvalue weighted by atomic mass is 79.9. The van der Waals surface area contributed by atoms with E-state index in [1.54, 1.807) is 0 Å². The van der Waals surface area contributed by atoms with Crippen molar-refractivity contribution in [3.63, 3.8) is 0 Å². The van der Waals surface area contributed by atoms with E-state index < -0.39 is 0 Å². The van der Waals surface area contributed by atoms with E-state index in [1.807, 2.05) is 0 Å². The van der Waals surface area contributed by atoms with Gasteiger partial charge in [0.2, 0.25) is 0 Å². The zero-order valence-electron chi connectivity index (χ0n) is 12.7. The second-order valence-electron chi connectivity index (χ2n) is 6.27. The molecule has 110 valence electrons. The lowest BCUT2D eigenvalue weighted by molar-refractivity contribution is 0.443. The fourth-order valence-corrected chi connectivity index (χ4v) is 3.91. The number of aryl methyl sites for hydroxylation is 1. The highest BCUT2D eigenvalue weighted by Gasteiger charge is 2.16. The van der Waals surface area contributed by atoms with Gasteiger partial charge in [0.05, 0.1) is 4.83 Å². The molecule has 2 aromatic rings. The Morgan fingerprint density at radius 1 is 0.810 bits per heavy atom. The van der Waals surface area contributed by atoms with Crippen LogP contribution in [0, 0.1) is 6.92 Å². The molecule has 0 heterocycles. The molecule has 3 rings (SSSR count). The first-order chi connectivity index (χ1) is 10.2. The van der Waals surface area contributed by atoms with E-state index in [2.05, 4.69) is 71.4 Å². The summed E-state index contributed by atoms with van der Waals surface area (Å²) in [6, 6.07) is 18.1. The van der Waals surface area contributed by atoms with Crippen molar-refractivity contribution in [2.75, 3.05) is 0 Å². The van der Waals surface area contributed by atoms with Crippen molar-refractivity contribution >= 4 is 15.9 Å². The van der Waals surface area contributed by atoms with Crippen LogP contribution in [0.1, 0.15) is 65.1 Å². The summed E-state index contributed by atoms with van der Waals surface area (Å²) >= 11 is 3.84. The molecule has 0 aliphatic heterocycles. The van der Waals surface area contributed by atoms with Crippen LogP contribution in [0.4, 0.5) is 0 Å². The molecule has 0 aromatic heterocycles. The number of benzene rings is 2. The van der Waals surface area contributed by atoms with Crippen molar-refractivity contribution in [3.8, 4) is 0 Å². The van der Waals surface area contributed by atoms with E-state index >= 15 is 0 Å². The van der Waals surface area contributed by atoms with Crippen LogP contribution >= 0.6 is 15.9 Å². The van der Waals surface area contributed by atoms with Crippen LogP contribution in [0.2, 0.25) is 0 Å². The Bertz CT molecular complexity index is 562. The van der Waals surface area contributed by atoms with Gasteiger partial charge in [-0.25, -0.2) is 0 Å². The maximum absolute atomic E-state index is 3.84. The molecule has 0 spiro atoms. The van der Waals surface area contributed by atoms with Crippen molar-refractivity contribution in [2.45, 2.75) is 49.8 Å². The third-order valence-corrected chi connectivity index (χ3v) is 5.73. The first-order valence-electron chi connectivity index (χ1n) is 8.04. The molecule has 0 amide bonds. The molecular formula is C20H23Br. The normalized spacial score (nSPS) is 17.6. The second-order valence-corrected chi connectivity index (χ2v) is 7.19. The molecule has 21 heavy (non-hydrogen) atoms. The summed E-state index contributed by atoms with van der Waals surface area (Å²) in [5.74, 6) is 0.793. The number of rotatable bonds is 3. The minimum atomic E-state index is 0.290. The standard InChI is InChI=1S/C20H23Br/c1-15-7-9-18(10-8-15)20(21)19-13-11-17(12-14-19)16-5-3-2-4-6-16/h7-14,16,20H,2-6H2,1H3. The molecule has 1 heteroatoms. The van der Waals surface area contributed by atoms with Crippen LogP contribution in [0.25, 0.3) is 0 Å². The maximum Gasteiger partial charge on any atom is 0.0644 e. The monoisotopic (exact) mass is 342 g/mol. The molecule has 0 radical (unpaired) electrons. The zero-order valence-corrected chi connectivity index (χ0v) is 14.3. The molecule has 1 aliphatic rings. The summed E-state index contributed by atoms with van der Waals surface area (Å²) in [6.45, 7) is 2.13. The summed E-state index contributed by atoms with van der Waals surface area (Å²) in [6.07, 6.45) is 6.96. The van der Waals surface area contributed by atoms with Gasteiger partial charge in [0, 0.05) is 0 Å². The fourth-order valence-electron chi connectivity index (χ4n) is 3.30. The van der Waals surface area contributed by atoms with E-state index in [0.717, 1.165) is 5.92 Å². The van der Waals surface area contributed by atoms with E-state index in [-0.39, 0.29) is 0 Å². The van der Waals surface area contributed by atoms with Gasteiger partial charge in [0.15, 0.2) is 0 Å². The maximum atomic E-state index is 3.84. The number of hydrogen-bond donors (Lipinski definition) is 0. The Balaban J connectivity index is 1.75. The van der Waals surface area contributed by atoms with Gasteiger partial charge in [-0.3, -0.25) is 0 Å². The second kappa shape index (κ2) is 6.79. The van der Waals surface area contributed by atoms with Crippen molar-refractivity contribution in [2.24, 2.45) is 0 Å². The highest BCUT2D eigenvalue weighted by Crippen LogP contribution is 2.35. The Hall–Kier alpha value is -1.08. The van der Waals surface area contributed by atoms with Crippen LogP contribution in [0.15, 0.2) is 48.5 Å². The van der Waals surface area contributed by atoms with Gasteiger partial charge >= 0.3 is 0 Å². The van der Waals surface area contributed by atoms with Crippen molar-refractivity contribution in [3.05, 3.63) is 70.8 Å². The minimum Gasteiger partial charge on any atom is -0.0786 e. The lowest BCUT2D eigenvalue weighted by Gasteiger charge is -2.22. The van der Waals surface area contributed by atoms with Crippen LogP contribution in [0.5, 0.6) is 0 Å². The molecule has 1 atom stereocenters. The smallest absolute Gasteiger partial charge is 0.0644 e. The van der Waals surface area contributed by atoms with E-state index in [1.165, 1.54) is 54.4 Å². The van der Waals surface area contributed by atoms with Crippen LogP contribution in [-0.4, -0.2) is 0 Å². The van der Waals surface area contributed by atoms with E-state index in [0.29, 0.717) is 4.83 Å². The Labute approximate surface area is 136 Å². The topological polar surface area (TPSA) is 0 Å².